The number of carbonyl (C=O) groups is 2. The van der Waals surface area contributed by atoms with Crippen LogP contribution >= 0.6 is 0 Å². The Morgan fingerprint density at radius 3 is 2.47 bits per heavy atom. The number of hydrogen-bond acceptors (Lipinski definition) is 5. The number of hydrogen-bond donors (Lipinski definition) is 2. The van der Waals surface area contributed by atoms with Gasteiger partial charge in [0.05, 0.1) is 12.6 Å². The summed E-state index contributed by atoms with van der Waals surface area (Å²) in [4.78, 5) is 27.1. The van der Waals surface area contributed by atoms with Crippen molar-refractivity contribution in [2.24, 2.45) is 0 Å². The quantitative estimate of drug-likeness (QED) is 0.653. The van der Waals surface area contributed by atoms with Gasteiger partial charge in [-0.05, 0) is 63.1 Å². The summed E-state index contributed by atoms with van der Waals surface area (Å²) in [6.07, 6.45) is 0.968. The maximum absolute atomic E-state index is 12.6. The van der Waals surface area contributed by atoms with Crippen molar-refractivity contribution >= 4 is 11.8 Å². The molecule has 1 heterocycles. The normalized spacial score (nSPS) is 17.2. The van der Waals surface area contributed by atoms with Gasteiger partial charge >= 0.3 is 0 Å². The standard InChI is InChI=1S/C23H29N3O4/c1-3-29-19-11-13-20(14-12-19)30-17(2)22(27)24-25-23(28)21-10-7-15-26(21)16-18-8-5-4-6-9-18/h4-6,8-9,11-14,17,21H,3,7,10,15-16H2,1-2H3,(H,24,27)(H,25,28). The Morgan fingerprint density at radius 2 is 1.77 bits per heavy atom. The van der Waals surface area contributed by atoms with Crippen molar-refractivity contribution in [3.63, 3.8) is 0 Å². The fraction of sp³-hybridized carbons (Fsp3) is 0.391. The molecule has 7 heteroatoms. The summed E-state index contributed by atoms with van der Waals surface area (Å²) in [5.41, 5.74) is 6.20. The van der Waals surface area contributed by atoms with Crippen LogP contribution in [0.5, 0.6) is 11.5 Å². The van der Waals surface area contributed by atoms with E-state index in [1.165, 1.54) is 5.56 Å². The molecule has 0 aromatic heterocycles. The largest absolute Gasteiger partial charge is 0.494 e. The van der Waals surface area contributed by atoms with Crippen molar-refractivity contribution < 1.29 is 19.1 Å². The molecule has 2 aromatic carbocycles. The lowest BCUT2D eigenvalue weighted by atomic mass is 10.2. The molecule has 0 radical (unpaired) electrons. The van der Waals surface area contributed by atoms with Gasteiger partial charge in [-0.3, -0.25) is 25.3 Å². The van der Waals surface area contributed by atoms with Crippen LogP contribution in [-0.2, 0) is 16.1 Å². The molecule has 0 aliphatic carbocycles. The van der Waals surface area contributed by atoms with Crippen LogP contribution in [-0.4, -0.2) is 42.0 Å². The van der Waals surface area contributed by atoms with E-state index < -0.39 is 12.0 Å². The minimum absolute atomic E-state index is 0.204. The number of nitrogens with one attached hydrogen (secondary N) is 2. The van der Waals surface area contributed by atoms with E-state index in [1.807, 2.05) is 25.1 Å². The number of nitrogens with zero attached hydrogens (tertiary/aromatic N) is 1. The van der Waals surface area contributed by atoms with Gasteiger partial charge in [0.25, 0.3) is 11.8 Å². The third-order valence-corrected chi connectivity index (χ3v) is 5.02. The van der Waals surface area contributed by atoms with Crippen LogP contribution in [0.2, 0.25) is 0 Å². The molecular formula is C23H29N3O4. The summed E-state index contributed by atoms with van der Waals surface area (Å²) in [7, 11) is 0. The Hall–Kier alpha value is -3.06. The number of hydrazine groups is 1. The predicted octanol–water partition coefficient (Wildman–Crippen LogP) is 2.66. The highest BCUT2D eigenvalue weighted by Gasteiger charge is 2.31. The summed E-state index contributed by atoms with van der Waals surface area (Å²) in [6.45, 7) is 5.71. The zero-order valence-corrected chi connectivity index (χ0v) is 17.5. The zero-order valence-electron chi connectivity index (χ0n) is 17.5. The Kier molecular flexibility index (Phi) is 7.68. The molecular weight excluding hydrogens is 382 g/mol. The van der Waals surface area contributed by atoms with E-state index in [0.717, 1.165) is 25.1 Å². The Labute approximate surface area is 177 Å². The summed E-state index contributed by atoms with van der Waals surface area (Å²) in [6, 6.07) is 16.9. The van der Waals surface area contributed by atoms with Crippen LogP contribution in [0.25, 0.3) is 0 Å². The average Bonchev–Trinajstić information content (AvgIpc) is 3.22. The molecule has 2 atom stereocenters. The second kappa shape index (κ2) is 10.6. The van der Waals surface area contributed by atoms with Gasteiger partial charge in [-0.2, -0.15) is 0 Å². The number of likely N-dealkylation sites (tertiary alicyclic amines) is 1. The average molecular weight is 412 g/mol. The molecule has 0 spiro atoms. The Bertz CT molecular complexity index is 826. The molecule has 2 N–H and O–H groups in total. The van der Waals surface area contributed by atoms with Crippen molar-refractivity contribution in [3.05, 3.63) is 60.2 Å². The summed E-state index contributed by atoms with van der Waals surface area (Å²) < 4.78 is 11.0. The van der Waals surface area contributed by atoms with Gasteiger partial charge in [0.2, 0.25) is 0 Å². The Morgan fingerprint density at radius 1 is 1.07 bits per heavy atom. The van der Waals surface area contributed by atoms with Gasteiger partial charge in [-0.1, -0.05) is 30.3 Å². The minimum atomic E-state index is -0.757. The van der Waals surface area contributed by atoms with E-state index in [1.54, 1.807) is 31.2 Å². The lowest BCUT2D eigenvalue weighted by Gasteiger charge is -2.24. The molecule has 2 amide bonds. The highest BCUT2D eigenvalue weighted by atomic mass is 16.5. The SMILES string of the molecule is CCOc1ccc(OC(C)C(=O)NNC(=O)C2CCCN2Cc2ccccc2)cc1. The molecule has 2 unspecified atom stereocenters. The second-order valence-electron chi connectivity index (χ2n) is 7.26. The van der Waals surface area contributed by atoms with Gasteiger partial charge in [0.1, 0.15) is 11.5 Å². The first-order valence-electron chi connectivity index (χ1n) is 10.3. The van der Waals surface area contributed by atoms with Crippen LogP contribution < -0.4 is 20.3 Å². The third-order valence-electron chi connectivity index (χ3n) is 5.02. The molecule has 30 heavy (non-hydrogen) atoms. The lowest BCUT2D eigenvalue weighted by molar-refractivity contribution is -0.134. The van der Waals surface area contributed by atoms with Crippen molar-refractivity contribution in [1.82, 2.24) is 15.8 Å². The maximum atomic E-state index is 12.6. The highest BCUT2D eigenvalue weighted by Crippen LogP contribution is 2.20. The first-order chi connectivity index (χ1) is 14.6. The van der Waals surface area contributed by atoms with E-state index in [0.29, 0.717) is 18.9 Å². The lowest BCUT2D eigenvalue weighted by Crippen LogP contribution is -2.52. The van der Waals surface area contributed by atoms with Gasteiger partial charge in [0.15, 0.2) is 6.10 Å². The molecule has 1 aliphatic rings. The van der Waals surface area contributed by atoms with E-state index in [2.05, 4.69) is 27.9 Å². The monoisotopic (exact) mass is 411 g/mol. The highest BCUT2D eigenvalue weighted by molar-refractivity contribution is 5.87. The van der Waals surface area contributed by atoms with Crippen LogP contribution in [0.1, 0.15) is 32.3 Å². The van der Waals surface area contributed by atoms with Crippen LogP contribution in [0, 0.1) is 0 Å². The predicted molar refractivity (Wildman–Crippen MR) is 114 cm³/mol. The number of rotatable bonds is 8. The minimum Gasteiger partial charge on any atom is -0.494 e. The second-order valence-corrected chi connectivity index (χ2v) is 7.26. The summed E-state index contributed by atoms with van der Waals surface area (Å²) >= 11 is 0. The number of benzene rings is 2. The fourth-order valence-corrected chi connectivity index (χ4v) is 3.48. The molecule has 1 aliphatic heterocycles. The third kappa shape index (κ3) is 5.97. The molecule has 0 bridgehead atoms. The smallest absolute Gasteiger partial charge is 0.279 e. The molecule has 1 saturated heterocycles. The Balaban J connectivity index is 1.46. The van der Waals surface area contributed by atoms with Gasteiger partial charge in [-0.15, -0.1) is 0 Å². The van der Waals surface area contributed by atoms with Crippen molar-refractivity contribution in [1.29, 1.82) is 0 Å². The number of carbonyl (C=O) groups excluding carboxylic acids is 2. The molecule has 1 fully saturated rings. The van der Waals surface area contributed by atoms with E-state index in [9.17, 15) is 9.59 Å². The van der Waals surface area contributed by atoms with Crippen molar-refractivity contribution in [3.8, 4) is 11.5 Å². The molecule has 7 nitrogen and oxygen atoms in total. The van der Waals surface area contributed by atoms with Crippen LogP contribution in [0.3, 0.4) is 0 Å². The van der Waals surface area contributed by atoms with Crippen LogP contribution in [0.15, 0.2) is 54.6 Å². The topological polar surface area (TPSA) is 79.9 Å². The first-order valence-corrected chi connectivity index (χ1v) is 10.3. The van der Waals surface area contributed by atoms with E-state index in [4.69, 9.17) is 9.47 Å². The van der Waals surface area contributed by atoms with Crippen molar-refractivity contribution in [2.45, 2.75) is 45.4 Å². The van der Waals surface area contributed by atoms with E-state index in [-0.39, 0.29) is 11.9 Å². The molecule has 3 rings (SSSR count). The molecule has 0 saturated carbocycles. The number of amides is 2. The molecule has 2 aromatic rings. The number of ether oxygens (including phenoxy) is 2. The summed E-state index contributed by atoms with van der Waals surface area (Å²) in [5, 5.41) is 0. The van der Waals surface area contributed by atoms with Crippen LogP contribution in [0.4, 0.5) is 0 Å². The maximum Gasteiger partial charge on any atom is 0.279 e. The molecule has 160 valence electrons. The fourth-order valence-electron chi connectivity index (χ4n) is 3.48. The van der Waals surface area contributed by atoms with Gasteiger partial charge in [0, 0.05) is 6.54 Å². The van der Waals surface area contributed by atoms with Gasteiger partial charge in [-0.25, -0.2) is 0 Å². The summed E-state index contributed by atoms with van der Waals surface area (Å²) in [5.74, 6) is 0.679. The zero-order chi connectivity index (χ0) is 21.3. The van der Waals surface area contributed by atoms with Crippen molar-refractivity contribution in [2.75, 3.05) is 13.2 Å². The first kappa shape index (κ1) is 21.6. The van der Waals surface area contributed by atoms with Gasteiger partial charge < -0.3 is 9.47 Å². The van der Waals surface area contributed by atoms with E-state index >= 15 is 0 Å².